The second kappa shape index (κ2) is 6.36. The lowest BCUT2D eigenvalue weighted by molar-refractivity contribution is 0.0923. The molecule has 23 heavy (non-hydrogen) atoms. The third-order valence-electron chi connectivity index (χ3n) is 4.13. The minimum Gasteiger partial charge on any atom is -0.348 e. The van der Waals surface area contributed by atoms with Crippen molar-refractivity contribution in [2.45, 2.75) is 32.7 Å². The van der Waals surface area contributed by atoms with Crippen molar-refractivity contribution in [3.05, 3.63) is 35.7 Å². The van der Waals surface area contributed by atoms with E-state index < -0.39 is 0 Å². The van der Waals surface area contributed by atoms with Gasteiger partial charge in [0.25, 0.3) is 5.91 Å². The number of hydrogen-bond donors (Lipinski definition) is 1. The van der Waals surface area contributed by atoms with Crippen LogP contribution in [-0.4, -0.2) is 44.6 Å². The van der Waals surface area contributed by atoms with Crippen LogP contribution < -0.4 is 10.2 Å². The summed E-state index contributed by atoms with van der Waals surface area (Å²) in [4.78, 5) is 27.4. The molecule has 3 heterocycles. The fraction of sp³-hybridized carbons (Fsp3) is 0.500. The van der Waals surface area contributed by atoms with E-state index in [0.717, 1.165) is 43.3 Å². The molecular formula is C16H22N6O. The van der Waals surface area contributed by atoms with E-state index in [1.165, 1.54) is 0 Å². The van der Waals surface area contributed by atoms with Gasteiger partial charge in [0.2, 0.25) is 5.95 Å². The molecule has 2 aromatic heterocycles. The molecule has 1 fully saturated rings. The Morgan fingerprint density at radius 1 is 1.22 bits per heavy atom. The van der Waals surface area contributed by atoms with Crippen molar-refractivity contribution >= 4 is 11.9 Å². The van der Waals surface area contributed by atoms with Gasteiger partial charge < -0.3 is 14.8 Å². The quantitative estimate of drug-likeness (QED) is 0.922. The van der Waals surface area contributed by atoms with E-state index in [1.54, 1.807) is 17.1 Å². The Morgan fingerprint density at radius 3 is 2.43 bits per heavy atom. The average Bonchev–Trinajstić information content (AvgIpc) is 2.93. The van der Waals surface area contributed by atoms with Crippen LogP contribution in [0.15, 0.2) is 18.6 Å². The molecule has 7 nitrogen and oxygen atoms in total. The Balaban J connectivity index is 1.58. The third-order valence-corrected chi connectivity index (χ3v) is 4.13. The van der Waals surface area contributed by atoms with Crippen molar-refractivity contribution in [3.8, 4) is 0 Å². The number of carbonyl (C=O) groups excluding carboxylic acids is 1. The lowest BCUT2D eigenvalue weighted by Gasteiger charge is -2.32. The number of amides is 1. The number of aryl methyl sites for hydroxylation is 3. The van der Waals surface area contributed by atoms with Crippen LogP contribution in [0, 0.1) is 13.8 Å². The summed E-state index contributed by atoms with van der Waals surface area (Å²) in [5.41, 5.74) is 2.56. The van der Waals surface area contributed by atoms with Crippen molar-refractivity contribution in [2.75, 3.05) is 18.0 Å². The molecule has 1 saturated heterocycles. The van der Waals surface area contributed by atoms with Crippen LogP contribution in [0.1, 0.15) is 34.7 Å². The maximum absolute atomic E-state index is 12.2. The lowest BCUT2D eigenvalue weighted by Crippen LogP contribution is -2.45. The highest BCUT2D eigenvalue weighted by molar-refractivity contribution is 5.92. The molecule has 0 saturated carbocycles. The number of aromatic nitrogens is 4. The minimum atomic E-state index is -0.0638. The largest absolute Gasteiger partial charge is 0.348 e. The molecule has 3 rings (SSSR count). The first kappa shape index (κ1) is 15.5. The summed E-state index contributed by atoms with van der Waals surface area (Å²) in [6.07, 6.45) is 5.00. The van der Waals surface area contributed by atoms with Gasteiger partial charge in [0, 0.05) is 37.6 Å². The predicted octanol–water partition coefficient (Wildman–Crippen LogP) is 1.23. The first-order chi connectivity index (χ1) is 11.0. The SMILES string of the molecule is Cc1cc(C)nc(N2CCC(NC(=O)c3cncn3C)CC2)n1. The summed E-state index contributed by atoms with van der Waals surface area (Å²) >= 11 is 0. The van der Waals surface area contributed by atoms with Gasteiger partial charge in [-0.1, -0.05) is 0 Å². The Morgan fingerprint density at radius 2 is 1.87 bits per heavy atom. The molecule has 0 aromatic carbocycles. The van der Waals surface area contributed by atoms with Gasteiger partial charge in [-0.25, -0.2) is 15.0 Å². The maximum atomic E-state index is 12.2. The number of piperidine rings is 1. The highest BCUT2D eigenvalue weighted by atomic mass is 16.2. The summed E-state index contributed by atoms with van der Waals surface area (Å²) in [5, 5.41) is 3.09. The maximum Gasteiger partial charge on any atom is 0.269 e. The molecule has 0 bridgehead atoms. The topological polar surface area (TPSA) is 75.9 Å². The van der Waals surface area contributed by atoms with Crippen molar-refractivity contribution in [2.24, 2.45) is 7.05 Å². The minimum absolute atomic E-state index is 0.0638. The van der Waals surface area contributed by atoms with Gasteiger partial charge in [0.15, 0.2) is 0 Å². The number of nitrogens with one attached hydrogen (secondary N) is 1. The molecule has 0 unspecified atom stereocenters. The van der Waals surface area contributed by atoms with Crippen molar-refractivity contribution < 1.29 is 4.79 Å². The van der Waals surface area contributed by atoms with Gasteiger partial charge >= 0.3 is 0 Å². The van der Waals surface area contributed by atoms with Crippen LogP contribution >= 0.6 is 0 Å². The zero-order valence-corrected chi connectivity index (χ0v) is 13.8. The highest BCUT2D eigenvalue weighted by Crippen LogP contribution is 2.17. The summed E-state index contributed by atoms with van der Waals surface area (Å²) in [6, 6.07) is 2.16. The average molecular weight is 314 g/mol. The van der Waals surface area contributed by atoms with Gasteiger partial charge in [0.1, 0.15) is 5.69 Å². The first-order valence-electron chi connectivity index (χ1n) is 7.87. The van der Waals surface area contributed by atoms with Crippen molar-refractivity contribution in [3.63, 3.8) is 0 Å². The normalized spacial score (nSPS) is 15.7. The van der Waals surface area contributed by atoms with Gasteiger partial charge in [-0.15, -0.1) is 0 Å². The fourth-order valence-corrected chi connectivity index (χ4v) is 2.91. The van der Waals surface area contributed by atoms with E-state index in [9.17, 15) is 4.79 Å². The number of anilines is 1. The Hall–Kier alpha value is -2.44. The van der Waals surface area contributed by atoms with Crippen LogP contribution in [0.2, 0.25) is 0 Å². The van der Waals surface area contributed by atoms with Crippen LogP contribution in [0.4, 0.5) is 5.95 Å². The standard InChI is InChI=1S/C16H22N6O/c1-11-8-12(2)19-16(18-11)22-6-4-13(5-7-22)20-15(23)14-9-17-10-21(14)3/h8-10,13H,4-7H2,1-3H3,(H,20,23). The van der Waals surface area contributed by atoms with Gasteiger partial charge in [0.05, 0.1) is 12.5 Å². The van der Waals surface area contributed by atoms with E-state index in [2.05, 4.69) is 25.2 Å². The van der Waals surface area contributed by atoms with Gasteiger partial charge in [-0.2, -0.15) is 0 Å². The van der Waals surface area contributed by atoms with Crippen molar-refractivity contribution in [1.29, 1.82) is 0 Å². The Bertz CT molecular complexity index is 682. The summed E-state index contributed by atoms with van der Waals surface area (Å²) in [6.45, 7) is 5.66. The summed E-state index contributed by atoms with van der Waals surface area (Å²) in [5.74, 6) is 0.727. The second-order valence-electron chi connectivity index (χ2n) is 6.08. The zero-order valence-electron chi connectivity index (χ0n) is 13.8. The molecule has 1 amide bonds. The van der Waals surface area contributed by atoms with E-state index in [1.807, 2.05) is 27.0 Å². The first-order valence-corrected chi connectivity index (χ1v) is 7.87. The molecule has 0 aliphatic carbocycles. The smallest absolute Gasteiger partial charge is 0.269 e. The van der Waals surface area contributed by atoms with E-state index >= 15 is 0 Å². The molecule has 1 aliphatic heterocycles. The van der Waals surface area contributed by atoms with Crippen LogP contribution in [-0.2, 0) is 7.05 Å². The molecule has 1 N–H and O–H groups in total. The third kappa shape index (κ3) is 3.49. The highest BCUT2D eigenvalue weighted by Gasteiger charge is 2.23. The molecule has 7 heteroatoms. The molecule has 2 aromatic rings. The van der Waals surface area contributed by atoms with Gasteiger partial charge in [-0.05, 0) is 32.8 Å². The predicted molar refractivity (Wildman–Crippen MR) is 87.4 cm³/mol. The number of nitrogens with zero attached hydrogens (tertiary/aromatic N) is 5. The summed E-state index contributed by atoms with van der Waals surface area (Å²) < 4.78 is 1.73. The van der Waals surface area contributed by atoms with E-state index in [0.29, 0.717) is 5.69 Å². The molecular weight excluding hydrogens is 292 g/mol. The number of carbonyl (C=O) groups is 1. The zero-order chi connectivity index (χ0) is 16.4. The lowest BCUT2D eigenvalue weighted by atomic mass is 10.1. The molecule has 0 spiro atoms. The number of imidazole rings is 1. The molecule has 122 valence electrons. The summed E-state index contributed by atoms with van der Waals surface area (Å²) in [7, 11) is 1.82. The molecule has 1 aliphatic rings. The monoisotopic (exact) mass is 314 g/mol. The fourth-order valence-electron chi connectivity index (χ4n) is 2.91. The van der Waals surface area contributed by atoms with E-state index in [4.69, 9.17) is 0 Å². The van der Waals surface area contributed by atoms with Crippen LogP contribution in [0.3, 0.4) is 0 Å². The van der Waals surface area contributed by atoms with Crippen molar-refractivity contribution in [1.82, 2.24) is 24.8 Å². The molecule has 0 radical (unpaired) electrons. The second-order valence-corrected chi connectivity index (χ2v) is 6.08. The number of hydrogen-bond acceptors (Lipinski definition) is 5. The van der Waals surface area contributed by atoms with E-state index in [-0.39, 0.29) is 11.9 Å². The van der Waals surface area contributed by atoms with Crippen LogP contribution in [0.5, 0.6) is 0 Å². The number of rotatable bonds is 3. The Labute approximate surface area is 135 Å². The molecule has 0 atom stereocenters. The van der Waals surface area contributed by atoms with Crippen LogP contribution in [0.25, 0.3) is 0 Å². The van der Waals surface area contributed by atoms with Gasteiger partial charge in [-0.3, -0.25) is 4.79 Å². The Kier molecular flexibility index (Phi) is 4.27.